The summed E-state index contributed by atoms with van der Waals surface area (Å²) < 4.78 is 101. The van der Waals surface area contributed by atoms with Crippen molar-refractivity contribution in [1.82, 2.24) is 0 Å². The SMILES string of the molecule is [2H]C([2H])=C(F)C(=O)OC(F)(F)C(F)(F)C([2H])([2H])F. The lowest BCUT2D eigenvalue weighted by molar-refractivity contribution is -0.332. The normalized spacial score (nSPS) is 17.3. The van der Waals surface area contributed by atoms with E-state index in [0.717, 1.165) is 0 Å². The number of hydrogen-bond acceptors (Lipinski definition) is 2. The van der Waals surface area contributed by atoms with Crippen LogP contribution in [0.4, 0.5) is 26.3 Å². The second-order valence-electron chi connectivity index (χ2n) is 1.89. The van der Waals surface area contributed by atoms with E-state index in [-0.39, 0.29) is 0 Å². The summed E-state index contributed by atoms with van der Waals surface area (Å²) in [6, 6.07) is 0. The Balaban J connectivity index is 5.22. The third kappa shape index (κ3) is 2.64. The molecule has 0 N–H and O–H groups in total. The minimum Gasteiger partial charge on any atom is -0.391 e. The molecule has 0 unspecified atom stereocenters. The van der Waals surface area contributed by atoms with E-state index in [1.54, 1.807) is 0 Å². The summed E-state index contributed by atoms with van der Waals surface area (Å²) in [5.41, 5.74) is 0. The van der Waals surface area contributed by atoms with Gasteiger partial charge < -0.3 is 4.74 Å². The molecule has 0 aromatic carbocycles. The minimum absolute atomic E-state index is 1.93. The fourth-order valence-electron chi connectivity index (χ4n) is 0.280. The molecule has 0 rings (SSSR count). The molecule has 2 nitrogen and oxygen atoms in total. The van der Waals surface area contributed by atoms with Gasteiger partial charge in [-0.1, -0.05) is 6.53 Å². The van der Waals surface area contributed by atoms with E-state index < -0.39 is 37.0 Å². The largest absolute Gasteiger partial charge is 0.469 e. The molecule has 0 bridgehead atoms. The second kappa shape index (κ2) is 3.89. The summed E-state index contributed by atoms with van der Waals surface area (Å²) in [5.74, 6) is -11.4. The summed E-state index contributed by atoms with van der Waals surface area (Å²) in [4.78, 5) is 10.4. The van der Waals surface area contributed by atoms with Gasteiger partial charge in [-0.15, -0.1) is 0 Å². The van der Waals surface area contributed by atoms with Crippen molar-refractivity contribution in [2.24, 2.45) is 0 Å². The first-order chi connectivity index (χ1) is 7.74. The molecule has 0 aromatic heterocycles. The van der Waals surface area contributed by atoms with E-state index in [9.17, 15) is 31.1 Å². The van der Waals surface area contributed by atoms with Crippen LogP contribution >= 0.6 is 0 Å². The standard InChI is InChI=1S/C6H4F6O2/c1-3(8)4(13)14-6(11,12)5(9,10)2-7/h1-2H2/i1D2,2D2. The molecule has 0 fully saturated rings. The van der Waals surface area contributed by atoms with E-state index in [1.165, 1.54) is 0 Å². The monoisotopic (exact) mass is 226 g/mol. The smallest absolute Gasteiger partial charge is 0.391 e. The highest BCUT2D eigenvalue weighted by atomic mass is 19.3. The maximum absolute atomic E-state index is 12.6. The van der Waals surface area contributed by atoms with Crippen LogP contribution in [0.5, 0.6) is 0 Å². The van der Waals surface area contributed by atoms with Gasteiger partial charge in [0, 0.05) is 0 Å². The maximum Gasteiger partial charge on any atom is 0.469 e. The molecule has 14 heavy (non-hydrogen) atoms. The first-order valence-corrected chi connectivity index (χ1v) is 2.75. The molecule has 0 amide bonds. The third-order valence-electron chi connectivity index (χ3n) is 0.884. The fraction of sp³-hybridized carbons (Fsp3) is 0.500. The average Bonchev–Trinajstić information content (AvgIpc) is 2.13. The molecule has 0 aliphatic rings. The molecule has 0 heterocycles. The van der Waals surface area contributed by atoms with Crippen molar-refractivity contribution < 1.29 is 41.4 Å². The van der Waals surface area contributed by atoms with Crippen LogP contribution in [0.25, 0.3) is 0 Å². The van der Waals surface area contributed by atoms with Gasteiger partial charge in [-0.2, -0.15) is 22.0 Å². The lowest BCUT2D eigenvalue weighted by Crippen LogP contribution is -2.45. The Bertz CT molecular complexity index is 373. The zero-order chi connectivity index (χ0) is 14.9. The Labute approximate surface area is 79.8 Å². The van der Waals surface area contributed by atoms with Crippen LogP contribution in [0, 0.1) is 0 Å². The van der Waals surface area contributed by atoms with Gasteiger partial charge in [0.15, 0.2) is 6.63 Å². The van der Waals surface area contributed by atoms with Crippen molar-refractivity contribution in [1.29, 1.82) is 0 Å². The van der Waals surface area contributed by atoms with Crippen molar-refractivity contribution in [2.75, 3.05) is 6.63 Å². The molecule has 0 radical (unpaired) electrons. The molecular formula is C6H4F6O2. The molecule has 0 saturated heterocycles. The van der Waals surface area contributed by atoms with Crippen LogP contribution < -0.4 is 0 Å². The maximum atomic E-state index is 12.6. The second-order valence-corrected chi connectivity index (χ2v) is 1.89. The lowest BCUT2D eigenvalue weighted by atomic mass is 10.3. The summed E-state index contributed by atoms with van der Waals surface area (Å²) in [7, 11) is 0. The summed E-state index contributed by atoms with van der Waals surface area (Å²) in [6.45, 7) is -7.18. The third-order valence-corrected chi connectivity index (χ3v) is 0.884. The van der Waals surface area contributed by atoms with Gasteiger partial charge in [-0.3, -0.25) is 0 Å². The highest BCUT2D eigenvalue weighted by Gasteiger charge is 2.60. The predicted molar refractivity (Wildman–Crippen MR) is 32.2 cm³/mol. The predicted octanol–water partition coefficient (Wildman–Crippen LogP) is 2.21. The van der Waals surface area contributed by atoms with Crippen LogP contribution in [0.15, 0.2) is 12.4 Å². The van der Waals surface area contributed by atoms with Crippen LogP contribution in [0.2, 0.25) is 0 Å². The van der Waals surface area contributed by atoms with Gasteiger partial charge in [0.25, 0.3) is 0 Å². The highest BCUT2D eigenvalue weighted by Crippen LogP contribution is 2.36. The Morgan fingerprint density at radius 1 is 1.50 bits per heavy atom. The van der Waals surface area contributed by atoms with Crippen molar-refractivity contribution in [3.8, 4) is 0 Å². The van der Waals surface area contributed by atoms with Gasteiger partial charge in [0.1, 0.15) is 0 Å². The van der Waals surface area contributed by atoms with Gasteiger partial charge in [-0.05, 0) is 0 Å². The van der Waals surface area contributed by atoms with Crippen molar-refractivity contribution in [2.45, 2.75) is 12.0 Å². The summed E-state index contributed by atoms with van der Waals surface area (Å²) in [6.07, 6.45) is -6.00. The number of carbonyl (C=O) groups excluding carboxylic acids is 1. The van der Waals surface area contributed by atoms with E-state index in [4.69, 9.17) is 5.48 Å². The minimum atomic E-state index is -6.08. The average molecular weight is 226 g/mol. The summed E-state index contributed by atoms with van der Waals surface area (Å²) in [5, 5.41) is 0. The fourth-order valence-corrected chi connectivity index (χ4v) is 0.280. The Morgan fingerprint density at radius 2 is 2.00 bits per heavy atom. The Morgan fingerprint density at radius 3 is 2.36 bits per heavy atom. The molecule has 0 aliphatic carbocycles. The molecule has 0 saturated carbocycles. The lowest BCUT2D eigenvalue weighted by Gasteiger charge is -2.22. The van der Waals surface area contributed by atoms with Gasteiger partial charge in [0.2, 0.25) is 5.83 Å². The Kier molecular flexibility index (Phi) is 1.98. The zero-order valence-electron chi connectivity index (χ0n) is 10.1. The van der Waals surface area contributed by atoms with Crippen LogP contribution in [0.1, 0.15) is 5.48 Å². The zero-order valence-corrected chi connectivity index (χ0v) is 6.08. The van der Waals surface area contributed by atoms with E-state index >= 15 is 0 Å². The summed E-state index contributed by atoms with van der Waals surface area (Å²) >= 11 is 0. The molecule has 82 valence electrons. The molecule has 8 heteroatoms. The number of ether oxygens (including phenoxy) is 1. The topological polar surface area (TPSA) is 26.3 Å². The van der Waals surface area contributed by atoms with Gasteiger partial charge >= 0.3 is 18.0 Å². The van der Waals surface area contributed by atoms with E-state index in [2.05, 4.69) is 4.74 Å². The molecule has 0 aliphatic heterocycles. The van der Waals surface area contributed by atoms with Crippen LogP contribution in [0.3, 0.4) is 0 Å². The molecular weight excluding hydrogens is 218 g/mol. The first kappa shape index (κ1) is 7.13. The van der Waals surface area contributed by atoms with Crippen molar-refractivity contribution >= 4 is 5.97 Å². The molecule has 0 atom stereocenters. The quantitative estimate of drug-likeness (QED) is 0.417. The number of carbonyl (C=O) groups is 1. The van der Waals surface area contributed by atoms with E-state index in [1.807, 2.05) is 0 Å². The van der Waals surface area contributed by atoms with Crippen LogP contribution in [-0.4, -0.2) is 24.6 Å². The Hall–Kier alpha value is -1.21. The number of esters is 1. The molecule has 0 aromatic rings. The number of hydrogen-bond donors (Lipinski definition) is 0. The number of halogens is 6. The number of alkyl halides is 5. The number of rotatable bonds is 4. The highest BCUT2D eigenvalue weighted by molar-refractivity contribution is 5.85. The molecule has 0 spiro atoms. The van der Waals surface area contributed by atoms with Gasteiger partial charge in [0.05, 0.1) is 5.48 Å². The van der Waals surface area contributed by atoms with Gasteiger partial charge in [-0.25, -0.2) is 9.18 Å². The van der Waals surface area contributed by atoms with Crippen LogP contribution in [-0.2, 0) is 9.53 Å². The van der Waals surface area contributed by atoms with Crippen molar-refractivity contribution in [3.05, 3.63) is 12.4 Å². The van der Waals surface area contributed by atoms with Crippen molar-refractivity contribution in [3.63, 3.8) is 0 Å². The van der Waals surface area contributed by atoms with E-state index in [0.29, 0.717) is 0 Å². The first-order valence-electron chi connectivity index (χ1n) is 4.75.